The minimum absolute atomic E-state index is 0.0416. The van der Waals surface area contributed by atoms with Gasteiger partial charge in [0.05, 0.1) is 39.9 Å². The summed E-state index contributed by atoms with van der Waals surface area (Å²) >= 11 is 1.51. The summed E-state index contributed by atoms with van der Waals surface area (Å²) in [6, 6.07) is 8.33. The van der Waals surface area contributed by atoms with Crippen molar-refractivity contribution < 1.29 is 35.9 Å². The van der Waals surface area contributed by atoms with Crippen LogP contribution in [0.2, 0.25) is 0 Å². The van der Waals surface area contributed by atoms with Crippen molar-refractivity contribution in [3.63, 3.8) is 0 Å². The molecule has 17 heteroatoms. The quantitative estimate of drug-likeness (QED) is 0.145. The number of amides is 2. The Hall–Kier alpha value is -5.32. The van der Waals surface area contributed by atoms with Crippen molar-refractivity contribution in [2.24, 2.45) is 0 Å². The van der Waals surface area contributed by atoms with Crippen LogP contribution in [0.3, 0.4) is 0 Å². The Balaban J connectivity index is 1.26. The van der Waals surface area contributed by atoms with E-state index in [4.69, 9.17) is 4.74 Å². The maximum atomic E-state index is 13.4. The lowest BCUT2D eigenvalue weighted by atomic mass is 10.1. The number of alkyl halides is 6. The number of hydrogen-bond donors (Lipinski definition) is 3. The Morgan fingerprint density at radius 3 is 2.13 bits per heavy atom. The number of rotatable bonds is 8. The van der Waals surface area contributed by atoms with E-state index in [1.165, 1.54) is 23.7 Å². The van der Waals surface area contributed by atoms with E-state index in [1.54, 1.807) is 18.3 Å². The SMILES string of the molecule is CCNc1ncc(-c2ccc(Oc3ncc(NC(=O)Nc4cc(C(F)(F)F)cnc4-c4ccc(C(F)(F)F)nc4)cn3)cc2)s1. The molecule has 4 heterocycles. The minimum Gasteiger partial charge on any atom is -0.424 e. The van der Waals surface area contributed by atoms with Gasteiger partial charge in [0.1, 0.15) is 11.4 Å². The number of nitrogens with zero attached hydrogens (tertiary/aromatic N) is 5. The van der Waals surface area contributed by atoms with E-state index in [1.807, 2.05) is 19.1 Å². The summed E-state index contributed by atoms with van der Waals surface area (Å²) in [6.07, 6.45) is -4.06. The van der Waals surface area contributed by atoms with Crippen LogP contribution in [0.15, 0.2) is 73.4 Å². The molecule has 0 aliphatic carbocycles. The number of anilines is 3. The second-order valence-corrected chi connectivity index (χ2v) is 10.1. The summed E-state index contributed by atoms with van der Waals surface area (Å²) in [4.78, 5) is 33.0. The topological polar surface area (TPSA) is 127 Å². The van der Waals surface area contributed by atoms with Crippen LogP contribution < -0.4 is 20.7 Å². The average Bonchev–Trinajstić information content (AvgIpc) is 3.46. The molecule has 3 N–H and O–H groups in total. The molecule has 1 aromatic carbocycles. The zero-order valence-electron chi connectivity index (χ0n) is 22.9. The van der Waals surface area contributed by atoms with Gasteiger partial charge in [0.25, 0.3) is 0 Å². The summed E-state index contributed by atoms with van der Waals surface area (Å²) in [5.41, 5.74) is -2.12. The highest BCUT2D eigenvalue weighted by Gasteiger charge is 2.33. The van der Waals surface area contributed by atoms with Crippen LogP contribution in [0.25, 0.3) is 21.7 Å². The fraction of sp³-hybridized carbons (Fsp3) is 0.143. The van der Waals surface area contributed by atoms with E-state index < -0.39 is 35.3 Å². The van der Waals surface area contributed by atoms with Crippen molar-refractivity contribution in [3.8, 4) is 33.5 Å². The number of halogens is 6. The van der Waals surface area contributed by atoms with E-state index >= 15 is 0 Å². The maximum Gasteiger partial charge on any atom is 0.433 e. The zero-order valence-corrected chi connectivity index (χ0v) is 23.7. The summed E-state index contributed by atoms with van der Waals surface area (Å²) in [7, 11) is 0. The molecule has 4 aromatic heterocycles. The lowest BCUT2D eigenvalue weighted by molar-refractivity contribution is -0.141. The number of carbonyl (C=O) groups excluding carboxylic acids is 1. The van der Waals surface area contributed by atoms with Gasteiger partial charge >= 0.3 is 24.4 Å². The molecular formula is C28H20F6N8O2S. The third-order valence-electron chi connectivity index (χ3n) is 5.86. The molecule has 0 aliphatic heterocycles. The van der Waals surface area contributed by atoms with Crippen LogP contribution in [0.5, 0.6) is 11.8 Å². The van der Waals surface area contributed by atoms with E-state index in [-0.39, 0.29) is 23.0 Å². The molecule has 232 valence electrons. The van der Waals surface area contributed by atoms with E-state index in [2.05, 4.69) is 40.9 Å². The van der Waals surface area contributed by atoms with Gasteiger partial charge in [-0.1, -0.05) is 11.3 Å². The number of thiazole rings is 1. The molecule has 0 saturated carbocycles. The number of hydrogen-bond acceptors (Lipinski definition) is 9. The van der Waals surface area contributed by atoms with Crippen LogP contribution in [0, 0.1) is 0 Å². The number of nitrogens with one attached hydrogen (secondary N) is 3. The van der Waals surface area contributed by atoms with E-state index in [0.29, 0.717) is 24.1 Å². The lowest BCUT2D eigenvalue weighted by Crippen LogP contribution is -2.21. The van der Waals surface area contributed by atoms with Gasteiger partial charge < -0.3 is 20.7 Å². The molecule has 0 atom stereocenters. The Morgan fingerprint density at radius 2 is 1.51 bits per heavy atom. The largest absolute Gasteiger partial charge is 0.433 e. The third kappa shape index (κ3) is 7.80. The summed E-state index contributed by atoms with van der Waals surface area (Å²) in [5.74, 6) is 0.441. The molecule has 0 spiro atoms. The molecule has 45 heavy (non-hydrogen) atoms. The minimum atomic E-state index is -4.81. The fourth-order valence-corrected chi connectivity index (χ4v) is 4.69. The van der Waals surface area contributed by atoms with Gasteiger partial charge in [-0.05, 0) is 55.0 Å². The molecule has 0 radical (unpaired) electrons. The lowest BCUT2D eigenvalue weighted by Gasteiger charge is -2.15. The van der Waals surface area contributed by atoms with Gasteiger partial charge in [-0.3, -0.25) is 9.97 Å². The highest BCUT2D eigenvalue weighted by atomic mass is 32.1. The fourth-order valence-electron chi connectivity index (χ4n) is 3.80. The normalized spacial score (nSPS) is 11.6. The first-order valence-corrected chi connectivity index (χ1v) is 13.7. The number of ether oxygens (including phenoxy) is 1. The first kappa shape index (κ1) is 31.1. The second-order valence-electron chi connectivity index (χ2n) is 9.07. The van der Waals surface area contributed by atoms with Crippen molar-refractivity contribution in [2.45, 2.75) is 19.3 Å². The molecule has 0 aliphatic rings. The summed E-state index contributed by atoms with van der Waals surface area (Å²) in [5, 5.41) is 8.57. The molecule has 0 bridgehead atoms. The monoisotopic (exact) mass is 646 g/mol. The van der Waals surface area contributed by atoms with Crippen LogP contribution in [-0.4, -0.2) is 37.5 Å². The van der Waals surface area contributed by atoms with Gasteiger partial charge in [-0.2, -0.15) is 26.3 Å². The predicted molar refractivity (Wildman–Crippen MR) is 154 cm³/mol. The molecule has 10 nitrogen and oxygen atoms in total. The first-order valence-electron chi connectivity index (χ1n) is 12.9. The van der Waals surface area contributed by atoms with Crippen LogP contribution in [0.1, 0.15) is 18.2 Å². The van der Waals surface area contributed by atoms with Crippen LogP contribution in [0.4, 0.5) is 47.6 Å². The molecular weight excluding hydrogens is 626 g/mol. The van der Waals surface area contributed by atoms with E-state index in [0.717, 1.165) is 34.4 Å². The number of urea groups is 1. The average molecular weight is 647 g/mol. The number of pyridine rings is 2. The van der Waals surface area contributed by atoms with Crippen molar-refractivity contribution in [1.82, 2.24) is 24.9 Å². The summed E-state index contributed by atoms with van der Waals surface area (Å²) in [6.45, 7) is 2.74. The highest BCUT2D eigenvalue weighted by Crippen LogP contribution is 2.36. The Kier molecular flexibility index (Phi) is 8.80. The Bertz CT molecular complexity index is 1780. The van der Waals surface area contributed by atoms with E-state index in [9.17, 15) is 31.1 Å². The van der Waals surface area contributed by atoms with Gasteiger partial charge in [-0.25, -0.2) is 19.7 Å². The van der Waals surface area contributed by atoms with Crippen LogP contribution >= 0.6 is 11.3 Å². The molecule has 0 unspecified atom stereocenters. The summed E-state index contributed by atoms with van der Waals surface area (Å²) < 4.78 is 84.4. The van der Waals surface area contributed by atoms with Crippen molar-refractivity contribution >= 4 is 33.9 Å². The third-order valence-corrected chi connectivity index (χ3v) is 6.86. The van der Waals surface area contributed by atoms with Gasteiger partial charge in [0.2, 0.25) is 0 Å². The number of benzene rings is 1. The number of aromatic nitrogens is 5. The Morgan fingerprint density at radius 1 is 0.800 bits per heavy atom. The number of carbonyl (C=O) groups is 1. The standard InChI is InChI=1S/C28H20F6N8O2S/c1-2-35-26-40-14-21(45-26)15-3-6-19(7-4-15)44-25-38-12-18(13-39-25)41-24(43)42-20-9-17(27(29,30)31)11-37-23(20)16-5-8-22(36-10-16)28(32,33)34/h3-14H,2H2,1H3,(H,35,40)(H2,41,42,43). The van der Waals surface area contributed by atoms with Crippen molar-refractivity contribution in [1.29, 1.82) is 0 Å². The molecule has 0 fully saturated rings. The van der Waals surface area contributed by atoms with Crippen molar-refractivity contribution in [3.05, 3.63) is 84.7 Å². The second kappa shape index (κ2) is 12.7. The first-order chi connectivity index (χ1) is 21.4. The van der Waals surface area contributed by atoms with Gasteiger partial charge in [0, 0.05) is 30.7 Å². The molecule has 0 saturated heterocycles. The highest BCUT2D eigenvalue weighted by molar-refractivity contribution is 7.18. The molecule has 2 amide bonds. The molecule has 5 aromatic rings. The predicted octanol–water partition coefficient (Wildman–Crippen LogP) is 7.96. The molecule has 5 rings (SSSR count). The van der Waals surface area contributed by atoms with Crippen molar-refractivity contribution in [2.75, 3.05) is 22.5 Å². The smallest absolute Gasteiger partial charge is 0.424 e. The van der Waals surface area contributed by atoms with Gasteiger partial charge in [-0.15, -0.1) is 0 Å². The van der Waals surface area contributed by atoms with Crippen LogP contribution in [-0.2, 0) is 12.4 Å². The van der Waals surface area contributed by atoms with Gasteiger partial charge in [0.15, 0.2) is 5.13 Å². The Labute approximate surface area is 254 Å². The zero-order chi connectivity index (χ0) is 32.2. The maximum absolute atomic E-state index is 13.4.